The van der Waals surface area contributed by atoms with E-state index in [0.29, 0.717) is 12.0 Å². The number of benzene rings is 1. The molecule has 1 aliphatic carbocycles. The molecule has 2 atom stereocenters. The number of halogens is 1. The summed E-state index contributed by atoms with van der Waals surface area (Å²) in [5.41, 5.74) is 7.14. The second-order valence-electron chi connectivity index (χ2n) is 3.06. The van der Waals surface area contributed by atoms with Crippen molar-refractivity contribution < 1.29 is 0 Å². The Morgan fingerprint density at radius 2 is 1.82 bits per heavy atom. The summed E-state index contributed by atoms with van der Waals surface area (Å²) in [4.78, 5) is 0. The first-order valence-electron chi connectivity index (χ1n) is 3.78. The molecule has 2 rings (SSSR count). The van der Waals surface area contributed by atoms with Gasteiger partial charge in [-0.25, -0.2) is 0 Å². The molecule has 1 saturated carbocycles. The molecule has 1 aromatic carbocycles. The normalized spacial score (nSPS) is 28.5. The number of rotatable bonds is 1. The van der Waals surface area contributed by atoms with E-state index in [1.54, 1.807) is 0 Å². The van der Waals surface area contributed by atoms with Crippen LogP contribution in [0.25, 0.3) is 0 Å². The monoisotopic (exact) mass is 259 g/mol. The molecule has 1 aromatic rings. The van der Waals surface area contributed by atoms with Crippen molar-refractivity contribution in [3.63, 3.8) is 0 Å². The van der Waals surface area contributed by atoms with Crippen LogP contribution in [0.3, 0.4) is 0 Å². The third-order valence-electron chi connectivity index (χ3n) is 2.14. The van der Waals surface area contributed by atoms with Crippen molar-refractivity contribution in [2.24, 2.45) is 5.73 Å². The zero-order valence-corrected chi connectivity index (χ0v) is 8.28. The Hall–Kier alpha value is -0.0900. The average molecular weight is 259 g/mol. The van der Waals surface area contributed by atoms with Crippen LogP contribution in [-0.4, -0.2) is 6.04 Å². The largest absolute Gasteiger partial charge is 0.327 e. The highest BCUT2D eigenvalue weighted by Crippen LogP contribution is 2.38. The van der Waals surface area contributed by atoms with Gasteiger partial charge in [-0.15, -0.1) is 0 Å². The van der Waals surface area contributed by atoms with Crippen molar-refractivity contribution in [3.05, 3.63) is 33.4 Å². The summed E-state index contributed by atoms with van der Waals surface area (Å²) in [5.74, 6) is 0.645. The van der Waals surface area contributed by atoms with Gasteiger partial charge >= 0.3 is 0 Å². The van der Waals surface area contributed by atoms with Gasteiger partial charge in [0.15, 0.2) is 0 Å². The maximum atomic E-state index is 5.73. The second kappa shape index (κ2) is 2.75. The van der Waals surface area contributed by atoms with Crippen LogP contribution in [0, 0.1) is 3.57 Å². The summed E-state index contributed by atoms with van der Waals surface area (Å²) >= 11 is 2.31. The Morgan fingerprint density at radius 3 is 2.27 bits per heavy atom. The maximum absolute atomic E-state index is 5.73. The van der Waals surface area contributed by atoms with Crippen LogP contribution < -0.4 is 5.73 Å². The van der Waals surface area contributed by atoms with E-state index in [2.05, 4.69) is 46.9 Å². The van der Waals surface area contributed by atoms with Gasteiger partial charge in [-0.05, 0) is 46.7 Å². The Balaban J connectivity index is 2.21. The first-order chi connectivity index (χ1) is 5.27. The molecular formula is C9H10IN. The van der Waals surface area contributed by atoms with Gasteiger partial charge < -0.3 is 5.73 Å². The van der Waals surface area contributed by atoms with Gasteiger partial charge in [-0.2, -0.15) is 0 Å². The Morgan fingerprint density at radius 1 is 1.27 bits per heavy atom. The lowest BCUT2D eigenvalue weighted by Gasteiger charge is -1.96. The summed E-state index contributed by atoms with van der Waals surface area (Å²) in [6.07, 6.45) is 1.17. The highest BCUT2D eigenvalue weighted by Gasteiger charge is 2.34. The molecule has 0 heterocycles. The van der Waals surface area contributed by atoms with Crippen molar-refractivity contribution >= 4 is 22.6 Å². The molecule has 0 radical (unpaired) electrons. The minimum atomic E-state index is 0.426. The summed E-state index contributed by atoms with van der Waals surface area (Å²) in [7, 11) is 0. The van der Waals surface area contributed by atoms with Gasteiger partial charge in [0.1, 0.15) is 0 Å². The molecule has 1 aliphatic rings. The van der Waals surface area contributed by atoms with Crippen molar-refractivity contribution in [1.82, 2.24) is 0 Å². The third-order valence-corrected chi connectivity index (χ3v) is 2.86. The lowest BCUT2D eigenvalue weighted by atomic mass is 10.1. The van der Waals surface area contributed by atoms with Crippen LogP contribution in [0.5, 0.6) is 0 Å². The highest BCUT2D eigenvalue weighted by molar-refractivity contribution is 14.1. The van der Waals surface area contributed by atoms with E-state index in [4.69, 9.17) is 5.73 Å². The summed E-state index contributed by atoms with van der Waals surface area (Å²) in [6.45, 7) is 0. The Kier molecular flexibility index (Phi) is 1.89. The molecule has 11 heavy (non-hydrogen) atoms. The fraction of sp³-hybridized carbons (Fsp3) is 0.333. The second-order valence-corrected chi connectivity index (χ2v) is 4.30. The summed E-state index contributed by atoms with van der Waals surface area (Å²) < 4.78 is 1.29. The minimum absolute atomic E-state index is 0.426. The van der Waals surface area contributed by atoms with Crippen molar-refractivity contribution in [1.29, 1.82) is 0 Å². The van der Waals surface area contributed by atoms with Crippen LogP contribution in [0.15, 0.2) is 24.3 Å². The van der Waals surface area contributed by atoms with E-state index < -0.39 is 0 Å². The van der Waals surface area contributed by atoms with Crippen molar-refractivity contribution in [2.75, 3.05) is 0 Å². The number of nitrogens with two attached hydrogens (primary N) is 1. The van der Waals surface area contributed by atoms with E-state index in [1.165, 1.54) is 15.6 Å². The SMILES string of the molecule is N[C@@H]1C[C@H]1c1ccc(I)cc1. The molecule has 0 aromatic heterocycles. The van der Waals surface area contributed by atoms with Gasteiger partial charge in [0.2, 0.25) is 0 Å². The van der Waals surface area contributed by atoms with Crippen LogP contribution in [-0.2, 0) is 0 Å². The number of hydrogen-bond donors (Lipinski definition) is 1. The van der Waals surface area contributed by atoms with Gasteiger partial charge in [0, 0.05) is 15.5 Å². The quantitative estimate of drug-likeness (QED) is 0.768. The summed E-state index contributed by atoms with van der Waals surface area (Å²) in [5, 5.41) is 0. The predicted molar refractivity (Wildman–Crippen MR) is 54.5 cm³/mol. The standard InChI is InChI=1S/C9H10IN/c10-7-3-1-6(2-4-7)8-5-9(8)11/h1-4,8-9H,5,11H2/t8-,9+/m0/s1. The first kappa shape index (κ1) is 7.55. The topological polar surface area (TPSA) is 26.0 Å². The molecule has 0 unspecified atom stereocenters. The first-order valence-corrected chi connectivity index (χ1v) is 4.86. The molecule has 0 aliphatic heterocycles. The fourth-order valence-electron chi connectivity index (χ4n) is 1.31. The molecule has 0 spiro atoms. The van der Waals surface area contributed by atoms with Crippen molar-refractivity contribution in [3.8, 4) is 0 Å². The van der Waals surface area contributed by atoms with E-state index >= 15 is 0 Å². The Labute approximate surface area is 80.1 Å². The van der Waals surface area contributed by atoms with Crippen LogP contribution in [0.4, 0.5) is 0 Å². The molecule has 2 N–H and O–H groups in total. The lowest BCUT2D eigenvalue weighted by molar-refractivity contribution is 0.990. The van der Waals surface area contributed by atoms with Gasteiger partial charge in [-0.1, -0.05) is 12.1 Å². The molecule has 0 amide bonds. The Bertz CT molecular complexity index is 255. The van der Waals surface area contributed by atoms with Crippen LogP contribution >= 0.6 is 22.6 Å². The molecule has 1 nitrogen and oxygen atoms in total. The van der Waals surface area contributed by atoms with E-state index in [0.717, 1.165) is 0 Å². The highest BCUT2D eigenvalue weighted by atomic mass is 127. The molecule has 0 bridgehead atoms. The molecule has 58 valence electrons. The van der Waals surface area contributed by atoms with E-state index in [9.17, 15) is 0 Å². The zero-order chi connectivity index (χ0) is 7.84. The zero-order valence-electron chi connectivity index (χ0n) is 6.13. The molecular weight excluding hydrogens is 249 g/mol. The fourth-order valence-corrected chi connectivity index (χ4v) is 1.67. The van der Waals surface area contributed by atoms with Crippen LogP contribution in [0.1, 0.15) is 17.9 Å². The maximum Gasteiger partial charge on any atom is 0.0130 e. The van der Waals surface area contributed by atoms with E-state index in [-0.39, 0.29) is 0 Å². The van der Waals surface area contributed by atoms with Gasteiger partial charge in [0.05, 0.1) is 0 Å². The third kappa shape index (κ3) is 1.56. The lowest BCUT2D eigenvalue weighted by Crippen LogP contribution is -2.00. The number of hydrogen-bond acceptors (Lipinski definition) is 1. The minimum Gasteiger partial charge on any atom is -0.327 e. The molecule has 2 heteroatoms. The van der Waals surface area contributed by atoms with Gasteiger partial charge in [-0.3, -0.25) is 0 Å². The average Bonchev–Trinajstić information content (AvgIpc) is 2.69. The molecule has 0 saturated heterocycles. The molecule has 1 fully saturated rings. The van der Waals surface area contributed by atoms with Crippen molar-refractivity contribution in [2.45, 2.75) is 18.4 Å². The predicted octanol–water partition coefficient (Wildman–Crippen LogP) is 2.11. The van der Waals surface area contributed by atoms with Gasteiger partial charge in [0.25, 0.3) is 0 Å². The smallest absolute Gasteiger partial charge is 0.0130 e. The van der Waals surface area contributed by atoms with E-state index in [1.807, 2.05) is 0 Å². The summed E-state index contributed by atoms with van der Waals surface area (Å²) in [6, 6.07) is 9.07. The van der Waals surface area contributed by atoms with Crippen LogP contribution in [0.2, 0.25) is 0 Å².